The topological polar surface area (TPSA) is 393 Å². The van der Waals surface area contributed by atoms with Crippen LogP contribution in [0.25, 0.3) is 0 Å². The molecule has 8 aromatic carbocycles. The molecular weight excluding hydrogens is 1870 g/mol. The number of nitrogens with two attached hydrogens (primary N) is 1. The summed E-state index contributed by atoms with van der Waals surface area (Å²) >= 11 is 13.1. The van der Waals surface area contributed by atoms with Crippen molar-refractivity contribution in [1.29, 1.82) is 10.8 Å². The number of aromatic nitrogens is 4. The Morgan fingerprint density at radius 3 is 0.984 bits per heavy atom. The first-order valence-corrected chi connectivity index (χ1v) is 40.8. The van der Waals surface area contributed by atoms with Crippen LogP contribution in [0.1, 0.15) is 112 Å². The number of hydrogen-bond donors (Lipinski definition) is 11. The molecule has 4 aromatic heterocycles. The Balaban J connectivity index is 0.000000162. The Labute approximate surface area is 746 Å². The number of para-hydroxylation sites is 4. The van der Waals surface area contributed by atoms with Gasteiger partial charge in [0, 0.05) is 113 Å². The lowest BCUT2D eigenvalue weighted by Gasteiger charge is -2.33. The molecule has 0 spiro atoms. The highest BCUT2D eigenvalue weighted by Gasteiger charge is 2.26. The predicted molar refractivity (Wildman–Crippen MR) is 487 cm³/mol. The van der Waals surface area contributed by atoms with Gasteiger partial charge in [-0.15, -0.1) is 0 Å². The Morgan fingerprint density at radius 1 is 0.392 bits per heavy atom. The smallest absolute Gasteiger partial charge is 0.258 e. The molecule has 12 aromatic rings. The van der Waals surface area contributed by atoms with Crippen LogP contribution in [-0.4, -0.2) is 160 Å². The highest BCUT2D eigenvalue weighted by molar-refractivity contribution is 9.11. The fraction of sp³-hybridized carbons (Fsp3) is 0.101. The van der Waals surface area contributed by atoms with Gasteiger partial charge in [0.1, 0.15) is 69.9 Å². The number of rotatable bonds is 20. The van der Waals surface area contributed by atoms with Crippen molar-refractivity contribution >= 4 is 180 Å². The van der Waals surface area contributed by atoms with Crippen LogP contribution in [0.3, 0.4) is 0 Å². The number of benzene rings is 8. The summed E-state index contributed by atoms with van der Waals surface area (Å²) < 4.78 is 61.4. The molecule has 0 radical (unpaired) electrons. The van der Waals surface area contributed by atoms with Crippen molar-refractivity contribution in [1.82, 2.24) is 34.6 Å². The standard InChI is InChI=1S/2C23H19BrFN5O2.C22H19BrFN5O2.C21H17BrFN5O2/c1-30-11-10-26-21(30)14-6-8-16(18(25)12-14)22(31)28-19-5-3-2-4-17(19)23(32)29-20-9-7-15(24)13-27-20;24-15-7-9-20(27-13-15)29-23(32)17-4-1-2-5-19(17)28-22(31)16-8-6-14(12-18(16)25)21(26)30-10-3-11-30;1-29(2)20(25)13-7-9-15(17(24)11-13)21(30)27-18-6-4-3-5-16(18)22(31)28-19-10-8-14(23)12-26-19;1-25-19(24)12-6-8-14(16(23)10-12)20(29)27-17-5-3-2-4-15(17)21(30)28-18-9-7-13(22)11-26-18/h2-9,12-13H,10-11H2,1H3,(H,28,31)(H,27,29,32);1-2,4-9,12-13,26H,3,10-11H2,(H,28,31)(H,27,29,32);3-12,25H,1-2H3,(H,27,30)(H,26,28,31);2-11H,1H3,(H2,24,25)(H,27,29)(H,26,28,30). The van der Waals surface area contributed by atoms with E-state index >= 15 is 0 Å². The molecule has 1 saturated heterocycles. The van der Waals surface area contributed by atoms with E-state index < -0.39 is 70.5 Å². The quantitative estimate of drug-likeness (QED) is 0.0192. The van der Waals surface area contributed by atoms with Crippen molar-refractivity contribution in [2.45, 2.75) is 6.42 Å². The van der Waals surface area contributed by atoms with Crippen LogP contribution in [0.4, 0.5) is 63.6 Å². The Hall–Kier alpha value is -14.4. The van der Waals surface area contributed by atoms with E-state index in [1.54, 1.807) is 197 Å². The molecule has 2 aliphatic rings. The first-order chi connectivity index (χ1) is 60.0. The van der Waals surface area contributed by atoms with Crippen LogP contribution in [0.15, 0.2) is 271 Å². The monoisotopic (exact) mass is 1940 g/mol. The molecule has 0 atom stereocenters. The third kappa shape index (κ3) is 24.5. The minimum Gasteiger partial charge on any atom is -0.384 e. The van der Waals surface area contributed by atoms with Crippen molar-refractivity contribution in [2.24, 2.45) is 15.7 Å². The van der Waals surface area contributed by atoms with Crippen molar-refractivity contribution in [3.63, 3.8) is 0 Å². The molecular formula is C89H74Br4F4N20O8. The number of likely N-dealkylation sites (tertiary alicyclic amines) is 1. The van der Waals surface area contributed by atoms with E-state index in [0.29, 0.717) is 57.9 Å². The molecule has 0 unspecified atom stereocenters. The van der Waals surface area contributed by atoms with Gasteiger partial charge in [0.15, 0.2) is 0 Å². The van der Waals surface area contributed by atoms with Gasteiger partial charge in [-0.25, -0.2) is 37.5 Å². The number of nitrogens with zero attached hydrogens (tertiary/aromatic N) is 9. The largest absolute Gasteiger partial charge is 0.384 e. The summed E-state index contributed by atoms with van der Waals surface area (Å²) in [6.07, 6.45) is 7.22. The Bertz CT molecular complexity index is 6170. The number of pyridine rings is 4. The molecule has 0 aliphatic carbocycles. The number of carbonyl (C=O) groups excluding carboxylic acids is 8. The fourth-order valence-electron chi connectivity index (χ4n) is 11.8. The molecule has 125 heavy (non-hydrogen) atoms. The average molecular weight is 1950 g/mol. The lowest BCUT2D eigenvalue weighted by molar-refractivity contribution is 0.100. The maximum Gasteiger partial charge on any atom is 0.258 e. The zero-order valence-electron chi connectivity index (χ0n) is 66.5. The number of halogens is 8. The minimum atomic E-state index is -0.761. The molecule has 634 valence electrons. The van der Waals surface area contributed by atoms with Gasteiger partial charge in [0.25, 0.3) is 47.3 Å². The Morgan fingerprint density at radius 2 is 0.696 bits per heavy atom. The van der Waals surface area contributed by atoms with Crippen LogP contribution in [0, 0.1) is 34.1 Å². The second-order valence-electron chi connectivity index (χ2n) is 27.2. The van der Waals surface area contributed by atoms with Crippen LogP contribution < -0.4 is 48.3 Å². The van der Waals surface area contributed by atoms with Gasteiger partial charge in [-0.05, 0) is 216 Å². The number of aliphatic imine (C=N–C) groups is 2. The maximum absolute atomic E-state index is 14.7. The SMILES string of the molecule is CN(C)C(=N)c1ccc(C(=O)Nc2ccccc2C(=O)Nc2ccc(Br)cn2)c(F)c1.CN1CCN=C1c1ccc(C(=O)Nc2ccccc2C(=O)Nc2ccc(Br)cn2)c(F)c1.CN=C(N)c1ccc(C(=O)Nc2ccccc2C(=O)Nc2ccc(Br)cn2)c(F)c1.N=C(c1ccc(C(=O)Nc2ccccc2C(=O)Nc2ccc(Br)cn2)c(F)c1)N1CCC1. The van der Waals surface area contributed by atoms with Crippen molar-refractivity contribution < 1.29 is 55.9 Å². The molecule has 2 aliphatic heterocycles. The van der Waals surface area contributed by atoms with Crippen molar-refractivity contribution in [3.05, 3.63) is 351 Å². The summed E-state index contributed by atoms with van der Waals surface area (Å²) in [5.74, 6) is -4.89. The average Bonchev–Trinajstić information content (AvgIpc) is 1.72. The van der Waals surface area contributed by atoms with E-state index in [9.17, 15) is 55.9 Å². The number of carbonyl (C=O) groups is 8. The second-order valence-corrected chi connectivity index (χ2v) is 30.9. The number of amides is 8. The summed E-state index contributed by atoms with van der Waals surface area (Å²) in [4.78, 5) is 131. The van der Waals surface area contributed by atoms with Crippen LogP contribution in [0.5, 0.6) is 0 Å². The van der Waals surface area contributed by atoms with Crippen LogP contribution in [-0.2, 0) is 0 Å². The third-order valence-electron chi connectivity index (χ3n) is 18.4. The van der Waals surface area contributed by atoms with Crippen molar-refractivity contribution in [3.8, 4) is 0 Å². The van der Waals surface area contributed by atoms with Gasteiger partial charge in [-0.2, -0.15) is 0 Å². The first-order valence-electron chi connectivity index (χ1n) is 37.6. The lowest BCUT2D eigenvalue weighted by Crippen LogP contribution is -2.42. The maximum atomic E-state index is 14.7. The summed E-state index contributed by atoms with van der Waals surface area (Å²) in [6.45, 7) is 2.98. The fourth-order valence-corrected chi connectivity index (χ4v) is 12.7. The van der Waals surface area contributed by atoms with Crippen LogP contribution >= 0.6 is 63.7 Å². The molecule has 0 saturated carbocycles. The van der Waals surface area contributed by atoms with Gasteiger partial charge in [-0.1, -0.05) is 72.8 Å². The zero-order chi connectivity index (χ0) is 89.5. The van der Waals surface area contributed by atoms with E-state index in [0.717, 1.165) is 56.1 Å². The molecule has 1 fully saturated rings. The normalized spacial score (nSPS) is 11.8. The first kappa shape index (κ1) is 91.4. The van der Waals surface area contributed by atoms with Crippen LogP contribution in [0.2, 0.25) is 0 Å². The summed E-state index contributed by atoms with van der Waals surface area (Å²) in [6, 6.07) is 55.6. The number of likely N-dealkylation sites (N-methyl/N-ethyl adjacent to an activating group) is 1. The highest BCUT2D eigenvalue weighted by Crippen LogP contribution is 2.28. The van der Waals surface area contributed by atoms with E-state index in [-0.39, 0.29) is 84.8 Å². The number of amidine groups is 4. The number of nitrogens with one attached hydrogen (secondary N) is 10. The zero-order valence-corrected chi connectivity index (χ0v) is 72.9. The predicted octanol–water partition coefficient (Wildman–Crippen LogP) is 16.9. The van der Waals surface area contributed by atoms with E-state index in [1.165, 1.54) is 60.5 Å². The summed E-state index contributed by atoms with van der Waals surface area (Å²) in [7, 11) is 6.72. The molecule has 28 nitrogen and oxygen atoms in total. The molecule has 0 bridgehead atoms. The molecule has 36 heteroatoms. The highest BCUT2D eigenvalue weighted by atomic mass is 79.9. The Kier molecular flexibility index (Phi) is 31.4. The van der Waals surface area contributed by atoms with E-state index in [1.807, 2.05) is 16.8 Å². The van der Waals surface area contributed by atoms with Gasteiger partial charge >= 0.3 is 0 Å². The van der Waals surface area contributed by atoms with E-state index in [4.69, 9.17) is 16.6 Å². The van der Waals surface area contributed by atoms with Gasteiger partial charge in [0.2, 0.25) is 0 Å². The van der Waals surface area contributed by atoms with E-state index in [2.05, 4.69) is 136 Å². The number of anilines is 8. The van der Waals surface area contributed by atoms with Crippen molar-refractivity contribution in [2.75, 3.05) is 96.9 Å². The van der Waals surface area contributed by atoms with Gasteiger partial charge < -0.3 is 63.0 Å². The van der Waals surface area contributed by atoms with Gasteiger partial charge in [-0.3, -0.25) is 59.2 Å². The number of hydrogen-bond acceptors (Lipinski definition) is 17. The molecule has 6 heterocycles. The second kappa shape index (κ2) is 42.9. The molecule has 12 N–H and O–H groups in total. The molecule has 14 rings (SSSR count). The lowest BCUT2D eigenvalue weighted by atomic mass is 10.1. The summed E-state index contributed by atoms with van der Waals surface area (Å²) in [5.41, 5.74) is 8.54. The molecule has 8 amide bonds. The summed E-state index contributed by atoms with van der Waals surface area (Å²) in [5, 5.41) is 37.1. The third-order valence-corrected chi connectivity index (χ3v) is 20.3. The van der Waals surface area contributed by atoms with Gasteiger partial charge in [0.05, 0.1) is 73.8 Å². The minimum absolute atomic E-state index is 0.120.